The smallest absolute Gasteiger partial charge is 0.0426 e. The second-order valence-corrected chi connectivity index (χ2v) is 5.98. The van der Waals surface area contributed by atoms with Crippen LogP contribution in [0.15, 0.2) is 24.3 Å². The van der Waals surface area contributed by atoms with Gasteiger partial charge in [-0.3, -0.25) is 9.80 Å². The number of piperazine rings is 1. The first-order valence-electron chi connectivity index (χ1n) is 7.27. The van der Waals surface area contributed by atoms with Gasteiger partial charge in [-0.1, -0.05) is 17.7 Å². The van der Waals surface area contributed by atoms with E-state index in [2.05, 4.69) is 21.2 Å². The van der Waals surface area contributed by atoms with Gasteiger partial charge in [0.25, 0.3) is 0 Å². The van der Waals surface area contributed by atoms with Crippen molar-refractivity contribution >= 4 is 17.3 Å². The summed E-state index contributed by atoms with van der Waals surface area (Å²) in [5, 5.41) is 4.23. The molecule has 0 radical (unpaired) electrons. The van der Waals surface area contributed by atoms with Gasteiger partial charge in [0.2, 0.25) is 0 Å². The van der Waals surface area contributed by atoms with E-state index in [1.807, 2.05) is 18.2 Å². The normalized spacial score (nSPS) is 21.5. The Morgan fingerprint density at radius 3 is 2.63 bits per heavy atom. The van der Waals surface area contributed by atoms with E-state index in [1.165, 1.54) is 39.0 Å². The Hall–Kier alpha value is -0.770. The van der Waals surface area contributed by atoms with Crippen LogP contribution in [-0.4, -0.2) is 55.1 Å². The summed E-state index contributed by atoms with van der Waals surface area (Å²) < 4.78 is 0. The van der Waals surface area contributed by atoms with Crippen LogP contribution in [-0.2, 0) is 0 Å². The number of rotatable bonds is 5. The van der Waals surface area contributed by atoms with Gasteiger partial charge >= 0.3 is 0 Å². The van der Waals surface area contributed by atoms with Crippen LogP contribution in [0.4, 0.5) is 5.69 Å². The Kier molecular flexibility index (Phi) is 4.26. The number of benzene rings is 1. The molecule has 0 unspecified atom stereocenters. The molecule has 3 rings (SSSR count). The van der Waals surface area contributed by atoms with Crippen LogP contribution in [0, 0.1) is 0 Å². The second kappa shape index (κ2) is 6.12. The highest BCUT2D eigenvalue weighted by atomic mass is 35.5. The first-order valence-corrected chi connectivity index (χ1v) is 7.65. The van der Waals surface area contributed by atoms with Crippen molar-refractivity contribution in [2.45, 2.75) is 18.9 Å². The van der Waals surface area contributed by atoms with Crippen molar-refractivity contribution in [3.05, 3.63) is 29.3 Å². The Bertz CT molecular complexity index is 412. The van der Waals surface area contributed by atoms with Crippen LogP contribution in [0.25, 0.3) is 0 Å². The van der Waals surface area contributed by atoms with Crippen LogP contribution in [0.1, 0.15) is 12.8 Å². The molecule has 0 amide bonds. The third kappa shape index (κ3) is 3.85. The van der Waals surface area contributed by atoms with Crippen molar-refractivity contribution in [1.29, 1.82) is 0 Å². The number of hydrogen-bond acceptors (Lipinski definition) is 3. The highest BCUT2D eigenvalue weighted by Crippen LogP contribution is 2.27. The quantitative estimate of drug-likeness (QED) is 0.894. The van der Waals surface area contributed by atoms with Gasteiger partial charge in [0, 0.05) is 56.0 Å². The van der Waals surface area contributed by atoms with E-state index >= 15 is 0 Å². The fraction of sp³-hybridized carbons (Fsp3) is 0.600. The van der Waals surface area contributed by atoms with E-state index in [1.54, 1.807) is 0 Å². The molecule has 1 aromatic carbocycles. The molecule has 1 saturated heterocycles. The van der Waals surface area contributed by atoms with Crippen molar-refractivity contribution in [2.24, 2.45) is 0 Å². The highest BCUT2D eigenvalue weighted by molar-refractivity contribution is 6.30. The van der Waals surface area contributed by atoms with Crippen molar-refractivity contribution in [2.75, 3.05) is 44.6 Å². The lowest BCUT2D eigenvalue weighted by Crippen LogP contribution is -2.48. The maximum Gasteiger partial charge on any atom is 0.0426 e. The van der Waals surface area contributed by atoms with Crippen LogP contribution in [0.5, 0.6) is 0 Å². The van der Waals surface area contributed by atoms with Gasteiger partial charge in [-0.15, -0.1) is 0 Å². The lowest BCUT2D eigenvalue weighted by molar-refractivity contribution is 0.130. The number of anilines is 1. The van der Waals surface area contributed by atoms with E-state index < -0.39 is 0 Å². The summed E-state index contributed by atoms with van der Waals surface area (Å²) in [5.74, 6) is 0. The summed E-state index contributed by atoms with van der Waals surface area (Å²) in [6.07, 6.45) is 2.85. The predicted octanol–water partition coefficient (Wildman–Crippen LogP) is 2.53. The lowest BCUT2D eigenvalue weighted by atomic mass is 10.3. The zero-order valence-corrected chi connectivity index (χ0v) is 12.1. The van der Waals surface area contributed by atoms with E-state index in [9.17, 15) is 0 Å². The minimum atomic E-state index is 0.794. The predicted molar refractivity (Wildman–Crippen MR) is 81.0 cm³/mol. The average Bonchev–Trinajstić information content (AvgIpc) is 3.24. The highest BCUT2D eigenvalue weighted by Gasteiger charge is 2.30. The fourth-order valence-electron chi connectivity index (χ4n) is 2.75. The van der Waals surface area contributed by atoms with Gasteiger partial charge in [-0.2, -0.15) is 0 Å². The molecule has 1 aliphatic carbocycles. The third-order valence-electron chi connectivity index (χ3n) is 4.05. The molecule has 2 fully saturated rings. The maximum absolute atomic E-state index is 5.97. The number of halogens is 1. The molecule has 0 spiro atoms. The lowest BCUT2D eigenvalue weighted by Gasteiger charge is -2.34. The van der Waals surface area contributed by atoms with E-state index in [4.69, 9.17) is 11.6 Å². The van der Waals surface area contributed by atoms with Gasteiger partial charge < -0.3 is 5.32 Å². The first-order chi connectivity index (χ1) is 9.31. The summed E-state index contributed by atoms with van der Waals surface area (Å²) in [6, 6.07) is 8.86. The minimum Gasteiger partial charge on any atom is -0.384 e. The summed E-state index contributed by atoms with van der Waals surface area (Å²) in [5.41, 5.74) is 1.11. The van der Waals surface area contributed by atoms with Gasteiger partial charge in [-0.05, 0) is 31.0 Å². The molecule has 2 aliphatic rings. The first kappa shape index (κ1) is 13.2. The zero-order valence-electron chi connectivity index (χ0n) is 11.3. The van der Waals surface area contributed by atoms with Crippen molar-refractivity contribution in [1.82, 2.24) is 9.80 Å². The fourth-order valence-corrected chi connectivity index (χ4v) is 2.94. The molecule has 104 valence electrons. The van der Waals surface area contributed by atoms with Gasteiger partial charge in [0.15, 0.2) is 0 Å². The number of hydrogen-bond donors (Lipinski definition) is 1. The molecule has 3 nitrogen and oxygen atoms in total. The minimum absolute atomic E-state index is 0.794. The molecule has 1 aromatic rings. The van der Waals surface area contributed by atoms with Crippen LogP contribution in [0.3, 0.4) is 0 Å². The Labute approximate surface area is 120 Å². The summed E-state index contributed by atoms with van der Waals surface area (Å²) in [4.78, 5) is 5.21. The van der Waals surface area contributed by atoms with Crippen LogP contribution >= 0.6 is 11.6 Å². The summed E-state index contributed by atoms with van der Waals surface area (Å²) >= 11 is 5.97. The summed E-state index contributed by atoms with van der Waals surface area (Å²) in [7, 11) is 0. The molecule has 0 atom stereocenters. The summed E-state index contributed by atoms with van der Waals surface area (Å²) in [6.45, 7) is 7.04. The molecule has 1 N–H and O–H groups in total. The van der Waals surface area contributed by atoms with Crippen LogP contribution in [0.2, 0.25) is 5.02 Å². The molecule has 1 heterocycles. The van der Waals surface area contributed by atoms with Gasteiger partial charge in [0.1, 0.15) is 0 Å². The van der Waals surface area contributed by atoms with Gasteiger partial charge in [0.05, 0.1) is 0 Å². The molecule has 0 bridgehead atoms. The van der Waals surface area contributed by atoms with Crippen molar-refractivity contribution in [3.8, 4) is 0 Å². The average molecular weight is 280 g/mol. The van der Waals surface area contributed by atoms with Crippen molar-refractivity contribution in [3.63, 3.8) is 0 Å². The Balaban J connectivity index is 1.36. The van der Waals surface area contributed by atoms with Crippen molar-refractivity contribution < 1.29 is 0 Å². The third-order valence-corrected chi connectivity index (χ3v) is 4.29. The van der Waals surface area contributed by atoms with Crippen LogP contribution < -0.4 is 5.32 Å². The topological polar surface area (TPSA) is 18.5 Å². The van der Waals surface area contributed by atoms with Gasteiger partial charge in [-0.25, -0.2) is 0 Å². The zero-order chi connectivity index (χ0) is 13.1. The number of nitrogens with zero attached hydrogens (tertiary/aromatic N) is 2. The maximum atomic E-state index is 5.97. The number of nitrogens with one attached hydrogen (secondary N) is 1. The molecule has 1 aliphatic heterocycles. The SMILES string of the molecule is Clc1cccc(NCCN2CCN(C3CC3)CC2)c1. The monoisotopic (exact) mass is 279 g/mol. The van der Waals surface area contributed by atoms with E-state index in [0.717, 1.165) is 29.8 Å². The largest absolute Gasteiger partial charge is 0.384 e. The molecular weight excluding hydrogens is 258 g/mol. The molecule has 0 aromatic heterocycles. The Morgan fingerprint density at radius 2 is 1.95 bits per heavy atom. The van der Waals surface area contributed by atoms with E-state index in [-0.39, 0.29) is 0 Å². The molecule has 19 heavy (non-hydrogen) atoms. The molecular formula is C15H22ClN3. The standard InChI is InChI=1S/C15H22ClN3/c16-13-2-1-3-14(12-13)17-6-7-18-8-10-19(11-9-18)15-4-5-15/h1-3,12,15,17H,4-11H2. The molecule has 4 heteroatoms. The Morgan fingerprint density at radius 1 is 1.16 bits per heavy atom. The molecule has 1 saturated carbocycles. The van der Waals surface area contributed by atoms with E-state index in [0.29, 0.717) is 0 Å². The second-order valence-electron chi connectivity index (χ2n) is 5.55.